The van der Waals surface area contributed by atoms with Gasteiger partial charge in [-0.3, -0.25) is 0 Å². The van der Waals surface area contributed by atoms with Crippen LogP contribution in [0.1, 0.15) is 55.4 Å². The number of aliphatic hydroxyl groups is 2. The number of hydrogen-bond donors (Lipinski definition) is 3. The van der Waals surface area contributed by atoms with Crippen LogP contribution in [0.25, 0.3) is 0 Å². The van der Waals surface area contributed by atoms with E-state index in [1.165, 1.54) is 6.08 Å². The topological polar surface area (TPSA) is 88.0 Å². The van der Waals surface area contributed by atoms with Gasteiger partial charge in [-0.05, 0) is 52.8 Å². The van der Waals surface area contributed by atoms with Crippen LogP contribution in [0.15, 0.2) is 24.3 Å². The second kappa shape index (κ2) is 10.6. The van der Waals surface area contributed by atoms with Crippen LogP contribution in [0.2, 0.25) is 18.1 Å². The van der Waals surface area contributed by atoms with Crippen molar-refractivity contribution in [2.24, 2.45) is 0 Å². The normalized spacial score (nSPS) is 18.1. The number of ether oxygens (including phenoxy) is 1. The van der Waals surface area contributed by atoms with E-state index in [0.717, 1.165) is 0 Å². The number of aliphatic hydroxyl groups excluding tert-OH is 2. The fraction of sp³-hybridized carbons (Fsp3) is 0.762. The molecule has 0 aromatic heterocycles. The van der Waals surface area contributed by atoms with E-state index in [1.807, 2.05) is 13.0 Å². The Morgan fingerprint density at radius 3 is 2.04 bits per heavy atom. The minimum atomic E-state index is -2.14. The van der Waals surface area contributed by atoms with E-state index in [-0.39, 0.29) is 5.04 Å². The minimum absolute atomic E-state index is 0.0283. The number of allylic oxidation sites excluding steroid dienone is 3. The van der Waals surface area contributed by atoms with E-state index in [9.17, 15) is 15.0 Å². The molecule has 0 rings (SSSR count). The average molecular weight is 416 g/mol. The Morgan fingerprint density at radius 1 is 1.07 bits per heavy atom. The molecule has 0 aliphatic carbocycles. The van der Waals surface area contributed by atoms with Gasteiger partial charge in [0.1, 0.15) is 11.7 Å². The van der Waals surface area contributed by atoms with Crippen LogP contribution in [-0.2, 0) is 9.16 Å². The molecule has 0 aromatic rings. The van der Waals surface area contributed by atoms with Crippen LogP contribution in [0, 0.1) is 0 Å². The molecule has 0 heterocycles. The number of alkyl carbamates (subject to hydrolysis) is 1. The number of rotatable bonds is 8. The molecule has 0 saturated heterocycles. The summed E-state index contributed by atoms with van der Waals surface area (Å²) in [5.41, 5.74) is -0.686. The van der Waals surface area contributed by atoms with Crippen molar-refractivity contribution in [2.75, 3.05) is 0 Å². The van der Waals surface area contributed by atoms with Crippen molar-refractivity contribution in [3.05, 3.63) is 24.3 Å². The van der Waals surface area contributed by atoms with Crippen molar-refractivity contribution in [2.45, 2.75) is 103 Å². The smallest absolute Gasteiger partial charge is 0.408 e. The quantitative estimate of drug-likeness (QED) is 0.409. The lowest BCUT2D eigenvalue weighted by atomic mass is 10.0. The predicted octanol–water partition coefficient (Wildman–Crippen LogP) is 4.14. The molecule has 4 atom stereocenters. The molecule has 0 aromatic carbocycles. The molecule has 0 spiro atoms. The summed E-state index contributed by atoms with van der Waals surface area (Å²) in [4.78, 5) is 12.2. The summed E-state index contributed by atoms with van der Waals surface area (Å²) in [6.07, 6.45) is 3.26. The number of amides is 1. The van der Waals surface area contributed by atoms with Gasteiger partial charge in [-0.15, -0.1) is 0 Å². The van der Waals surface area contributed by atoms with Gasteiger partial charge in [0.15, 0.2) is 8.32 Å². The maximum Gasteiger partial charge on any atom is 0.408 e. The van der Waals surface area contributed by atoms with Crippen molar-refractivity contribution in [1.82, 2.24) is 5.32 Å². The zero-order valence-corrected chi connectivity index (χ0v) is 20.2. The number of hydrogen-bond acceptors (Lipinski definition) is 5. The molecule has 164 valence electrons. The number of carbonyl (C=O) groups excluding carboxylic acids is 1. The van der Waals surface area contributed by atoms with Gasteiger partial charge in [-0.1, -0.05) is 45.1 Å². The van der Waals surface area contributed by atoms with Crippen molar-refractivity contribution < 1.29 is 24.2 Å². The third-order valence-corrected chi connectivity index (χ3v) is 9.37. The molecule has 0 unspecified atom stereocenters. The Kier molecular flexibility index (Phi) is 10.1. The van der Waals surface area contributed by atoms with Crippen molar-refractivity contribution in [1.29, 1.82) is 0 Å². The van der Waals surface area contributed by atoms with E-state index in [4.69, 9.17) is 9.16 Å². The average Bonchev–Trinajstić information content (AvgIpc) is 2.48. The van der Waals surface area contributed by atoms with Gasteiger partial charge >= 0.3 is 6.09 Å². The van der Waals surface area contributed by atoms with Gasteiger partial charge in [-0.2, -0.15) is 0 Å². The Bertz CT molecular complexity index is 546. The van der Waals surface area contributed by atoms with Gasteiger partial charge in [-0.25, -0.2) is 4.79 Å². The first-order valence-electron chi connectivity index (χ1n) is 9.85. The van der Waals surface area contributed by atoms with E-state index in [2.05, 4.69) is 39.2 Å². The molecule has 6 nitrogen and oxygen atoms in total. The third-order valence-electron chi connectivity index (χ3n) is 4.80. The largest absolute Gasteiger partial charge is 0.444 e. The van der Waals surface area contributed by atoms with Crippen molar-refractivity contribution in [3.63, 3.8) is 0 Å². The highest BCUT2D eigenvalue weighted by molar-refractivity contribution is 6.74. The van der Waals surface area contributed by atoms with Gasteiger partial charge in [0, 0.05) is 0 Å². The molecule has 0 aliphatic rings. The maximum absolute atomic E-state index is 12.2. The van der Waals surface area contributed by atoms with Gasteiger partial charge in [0.05, 0.1) is 18.2 Å². The molecule has 28 heavy (non-hydrogen) atoms. The lowest BCUT2D eigenvalue weighted by molar-refractivity contribution is -0.0202. The van der Waals surface area contributed by atoms with Gasteiger partial charge in [0.25, 0.3) is 0 Å². The molecule has 1 amide bonds. The molecule has 3 N–H and O–H groups in total. The van der Waals surface area contributed by atoms with E-state index < -0.39 is 44.4 Å². The van der Waals surface area contributed by atoms with Gasteiger partial charge < -0.3 is 24.7 Å². The SMILES string of the molecule is C/C=C/C=C/[C@@H](O)[C@@H](NC(=O)OC(C)(C)C)[C@H](O)[C@@H](C)O[Si](C)(C)C(C)(C)C. The lowest BCUT2D eigenvalue weighted by Crippen LogP contribution is -2.57. The fourth-order valence-electron chi connectivity index (χ4n) is 2.23. The minimum Gasteiger partial charge on any atom is -0.444 e. The summed E-state index contributed by atoms with van der Waals surface area (Å²) in [5, 5.41) is 24.0. The Balaban J connectivity index is 5.49. The van der Waals surface area contributed by atoms with Crippen LogP contribution >= 0.6 is 0 Å². The summed E-state index contributed by atoms with van der Waals surface area (Å²) < 4.78 is 11.5. The summed E-state index contributed by atoms with van der Waals surface area (Å²) >= 11 is 0. The molecular weight excluding hydrogens is 374 g/mol. The van der Waals surface area contributed by atoms with Crippen molar-refractivity contribution in [3.8, 4) is 0 Å². The van der Waals surface area contributed by atoms with E-state index in [1.54, 1.807) is 39.8 Å². The number of nitrogens with one attached hydrogen (secondary N) is 1. The molecule has 7 heteroatoms. The maximum atomic E-state index is 12.2. The first kappa shape index (κ1) is 26.8. The van der Waals surface area contributed by atoms with E-state index in [0.29, 0.717) is 0 Å². The summed E-state index contributed by atoms with van der Waals surface area (Å²) in [6, 6.07) is -0.976. The summed E-state index contributed by atoms with van der Waals surface area (Å²) in [6.45, 7) is 19.4. The van der Waals surface area contributed by atoms with Crippen LogP contribution in [0.4, 0.5) is 4.79 Å². The second-order valence-electron chi connectivity index (χ2n) is 9.65. The van der Waals surface area contributed by atoms with Gasteiger partial charge in [0.2, 0.25) is 0 Å². The Labute approximate surface area is 172 Å². The molecule has 0 saturated carbocycles. The highest BCUT2D eigenvalue weighted by Crippen LogP contribution is 2.37. The molecule has 0 fully saturated rings. The standard InChI is InChI=1S/C21H41NO5Si/c1-11-12-13-14-16(23)17(22-19(25)26-20(3,4)5)18(24)15(2)27-28(9,10)21(6,7)8/h11-18,23-24H,1-10H3,(H,22,25)/b12-11+,14-13+/t15-,16-,17-,18-/m1/s1. The molecule has 0 aliphatic heterocycles. The lowest BCUT2D eigenvalue weighted by Gasteiger charge is -2.41. The third kappa shape index (κ3) is 9.36. The first-order valence-corrected chi connectivity index (χ1v) is 12.8. The summed E-state index contributed by atoms with van der Waals surface area (Å²) in [5.74, 6) is 0. The second-order valence-corrected chi connectivity index (χ2v) is 14.4. The first-order chi connectivity index (χ1) is 12.5. The number of carbonyl (C=O) groups is 1. The highest BCUT2D eigenvalue weighted by Gasteiger charge is 2.41. The molecule has 0 radical (unpaired) electrons. The summed E-state index contributed by atoms with van der Waals surface area (Å²) in [7, 11) is -2.14. The predicted molar refractivity (Wildman–Crippen MR) is 117 cm³/mol. The zero-order valence-electron chi connectivity index (χ0n) is 19.2. The highest BCUT2D eigenvalue weighted by atomic mass is 28.4. The monoisotopic (exact) mass is 415 g/mol. The van der Waals surface area contributed by atoms with Crippen LogP contribution < -0.4 is 5.32 Å². The van der Waals surface area contributed by atoms with Crippen molar-refractivity contribution >= 4 is 14.4 Å². The van der Waals surface area contributed by atoms with Crippen LogP contribution in [0.5, 0.6) is 0 Å². The zero-order chi connectivity index (χ0) is 22.3. The van der Waals surface area contributed by atoms with Crippen LogP contribution in [0.3, 0.4) is 0 Å². The van der Waals surface area contributed by atoms with Crippen LogP contribution in [-0.4, -0.2) is 54.6 Å². The molecule has 0 bridgehead atoms. The van der Waals surface area contributed by atoms with E-state index >= 15 is 0 Å². The Morgan fingerprint density at radius 2 is 1.61 bits per heavy atom. The molecular formula is C21H41NO5Si. The Hall–Kier alpha value is -1.15. The fourth-order valence-corrected chi connectivity index (χ4v) is 3.65.